The molecule has 4 N–H and O–H groups in total. The van der Waals surface area contributed by atoms with Crippen LogP contribution in [0.25, 0.3) is 11.3 Å². The lowest BCUT2D eigenvalue weighted by Gasteiger charge is -2.32. The monoisotopic (exact) mass is 654 g/mol. The molecule has 0 aliphatic carbocycles. The van der Waals surface area contributed by atoms with Crippen LogP contribution in [0.2, 0.25) is 0 Å². The van der Waals surface area contributed by atoms with Gasteiger partial charge in [0, 0.05) is 53.0 Å². The summed E-state index contributed by atoms with van der Waals surface area (Å²) >= 11 is 0. The molecular formula is C32H36F2N6O5S. The molecule has 0 saturated carbocycles. The molecule has 2 amide bonds. The first-order chi connectivity index (χ1) is 21.0. The molecule has 0 bridgehead atoms. The van der Waals surface area contributed by atoms with E-state index in [1.807, 2.05) is 9.74 Å². The molecule has 0 unspecified atom stereocenters. The third-order valence-corrected chi connectivity index (χ3v) is 6.99. The van der Waals surface area contributed by atoms with Crippen molar-refractivity contribution in [1.29, 1.82) is 0 Å². The fraction of sp³-hybridized carbons (Fsp3) is 0.281. The molecule has 1 aromatic heterocycles. The van der Waals surface area contributed by atoms with Crippen LogP contribution in [0, 0.1) is 16.5 Å². The van der Waals surface area contributed by atoms with Crippen molar-refractivity contribution in [3.8, 4) is 11.3 Å². The summed E-state index contributed by atoms with van der Waals surface area (Å²) in [5, 5.41) is 7.83. The smallest absolute Gasteiger partial charge is 0.408 e. The minimum atomic E-state index is -0.961. The Morgan fingerprint density at radius 1 is 1.00 bits per heavy atom. The van der Waals surface area contributed by atoms with Gasteiger partial charge in [-0.25, -0.2) is 18.6 Å². The average Bonchev–Trinajstić information content (AvgIpc) is 3.34. The van der Waals surface area contributed by atoms with Gasteiger partial charge in [0.2, 0.25) is 5.91 Å². The third kappa shape index (κ3) is 8.67. The zero-order valence-corrected chi connectivity index (χ0v) is 26.5. The van der Waals surface area contributed by atoms with Gasteiger partial charge in [-0.3, -0.25) is 4.79 Å². The number of nitrogens with zero attached hydrogens (tertiary/aromatic N) is 3. The number of imidazole rings is 1. The maximum Gasteiger partial charge on any atom is 0.408 e. The predicted molar refractivity (Wildman–Crippen MR) is 172 cm³/mol. The van der Waals surface area contributed by atoms with E-state index in [4.69, 9.17) is 9.72 Å². The first-order valence-electron chi connectivity index (χ1n) is 14.1. The van der Waals surface area contributed by atoms with Crippen molar-refractivity contribution in [3.63, 3.8) is 0 Å². The summed E-state index contributed by atoms with van der Waals surface area (Å²) in [6.07, 6.45) is -0.569. The van der Waals surface area contributed by atoms with Crippen LogP contribution in [0.1, 0.15) is 32.2 Å². The maximum absolute atomic E-state index is 14.2. The molecule has 3 aromatic carbocycles. The lowest BCUT2D eigenvalue weighted by Crippen LogP contribution is -2.55. The van der Waals surface area contributed by atoms with Crippen molar-refractivity contribution < 1.29 is 33.8 Å². The molecule has 11 nitrogen and oxygen atoms in total. The van der Waals surface area contributed by atoms with E-state index in [0.717, 1.165) is 5.56 Å². The van der Waals surface area contributed by atoms with Gasteiger partial charge in [-0.2, -0.15) is 13.5 Å². The number of hydrogen-bond acceptors (Lipinski definition) is 7. The summed E-state index contributed by atoms with van der Waals surface area (Å²) < 4.78 is 35.1. The third-order valence-electron chi connectivity index (χ3n) is 6.99. The van der Waals surface area contributed by atoms with E-state index < -0.39 is 23.6 Å². The van der Waals surface area contributed by atoms with Crippen molar-refractivity contribution in [2.75, 3.05) is 11.9 Å². The Hall–Kier alpha value is -4.82. The largest absolute Gasteiger partial charge is 0.870 e. The van der Waals surface area contributed by atoms with Crippen molar-refractivity contribution in [2.24, 2.45) is 0 Å². The number of aromatic nitrogens is 2. The van der Waals surface area contributed by atoms with E-state index in [1.54, 1.807) is 74.2 Å². The Labute approximate surface area is 271 Å². The lowest BCUT2D eigenvalue weighted by atomic mass is 10.0. The van der Waals surface area contributed by atoms with E-state index in [9.17, 15) is 23.3 Å². The summed E-state index contributed by atoms with van der Waals surface area (Å²) in [6.45, 7) is 5.98. The summed E-state index contributed by atoms with van der Waals surface area (Å²) in [5.41, 5.74) is 1.97. The Morgan fingerprint density at radius 2 is 1.70 bits per heavy atom. The molecule has 4 aromatic rings. The SMILES string of the molecule is CC(C)(C)OC(=O)N[C@@H](Cc1ccc([NH+]=O)cc1)C(=O)N1CCn2c(nc(-c3cccc(F)c3)c2Nc2ccc(F)cc2)C1.S.[OH-]. The fourth-order valence-electron chi connectivity index (χ4n) is 4.97. The van der Waals surface area contributed by atoms with Gasteiger partial charge < -0.3 is 30.3 Å². The molecular weight excluding hydrogens is 618 g/mol. The number of ether oxygens (including phenoxy) is 1. The Balaban J connectivity index is 0.00000288. The van der Waals surface area contributed by atoms with E-state index in [2.05, 4.69) is 10.6 Å². The summed E-state index contributed by atoms with van der Waals surface area (Å²) in [6, 6.07) is 17.5. The van der Waals surface area contributed by atoms with Gasteiger partial charge in [-0.15, -0.1) is 0 Å². The van der Waals surface area contributed by atoms with E-state index in [1.165, 1.54) is 24.3 Å². The number of benzene rings is 3. The Kier molecular flexibility index (Phi) is 11.6. The molecule has 0 spiro atoms. The predicted octanol–water partition coefficient (Wildman–Crippen LogP) is 4.46. The molecule has 1 atom stereocenters. The van der Waals surface area contributed by atoms with Crippen LogP contribution in [0.4, 0.5) is 30.8 Å². The van der Waals surface area contributed by atoms with Crippen molar-refractivity contribution in [2.45, 2.75) is 51.9 Å². The van der Waals surface area contributed by atoms with E-state index in [-0.39, 0.29) is 43.7 Å². The second-order valence-electron chi connectivity index (χ2n) is 11.5. The van der Waals surface area contributed by atoms with Gasteiger partial charge in [0.1, 0.15) is 40.6 Å². The Morgan fingerprint density at radius 3 is 2.33 bits per heavy atom. The number of nitrogens with one attached hydrogen (secondary N) is 3. The zero-order valence-electron chi connectivity index (χ0n) is 25.5. The topological polar surface area (TPSA) is 150 Å². The molecule has 0 radical (unpaired) electrons. The quantitative estimate of drug-likeness (QED) is 0.254. The second-order valence-corrected chi connectivity index (χ2v) is 11.5. The number of anilines is 2. The normalized spacial score (nSPS) is 12.9. The number of amides is 2. The number of carbonyl (C=O) groups excluding carboxylic acids is 2. The highest BCUT2D eigenvalue weighted by atomic mass is 32.1. The van der Waals surface area contributed by atoms with Crippen molar-refractivity contribution >= 4 is 42.7 Å². The number of nitroso groups, excluding NO2 is 1. The van der Waals surface area contributed by atoms with Crippen LogP contribution in [0.5, 0.6) is 0 Å². The van der Waals surface area contributed by atoms with E-state index in [0.29, 0.717) is 47.4 Å². The molecule has 0 saturated heterocycles. The minimum Gasteiger partial charge on any atom is -0.870 e. The Bertz CT molecular complexity index is 1680. The highest BCUT2D eigenvalue weighted by Gasteiger charge is 2.33. The van der Waals surface area contributed by atoms with Gasteiger partial charge in [-0.05, 0) is 62.7 Å². The number of carbonyl (C=O) groups is 2. The second kappa shape index (κ2) is 15.0. The lowest BCUT2D eigenvalue weighted by molar-refractivity contribution is -0.379. The summed E-state index contributed by atoms with van der Waals surface area (Å²) in [7, 11) is 0. The van der Waals surface area contributed by atoms with Crippen molar-refractivity contribution in [1.82, 2.24) is 19.8 Å². The average molecular weight is 655 g/mol. The number of alkyl carbamates (subject to hydrolysis) is 1. The fourth-order valence-corrected chi connectivity index (χ4v) is 4.97. The van der Waals surface area contributed by atoms with Crippen LogP contribution >= 0.6 is 13.5 Å². The molecule has 1 aliphatic rings. The molecule has 5 rings (SSSR count). The molecule has 244 valence electrons. The molecule has 2 heterocycles. The van der Waals surface area contributed by atoms with Crippen LogP contribution < -0.4 is 15.8 Å². The molecule has 0 fully saturated rings. The summed E-state index contributed by atoms with van der Waals surface area (Å²) in [4.78, 5) is 44.0. The van der Waals surface area contributed by atoms with E-state index >= 15 is 0 Å². The number of fused-ring (bicyclic) bond motifs is 1. The molecule has 46 heavy (non-hydrogen) atoms. The van der Waals surface area contributed by atoms with Crippen molar-refractivity contribution in [3.05, 3.63) is 101 Å². The number of hydrogen-bond donors (Lipinski definition) is 3. The van der Waals surface area contributed by atoms with Crippen LogP contribution in [0.3, 0.4) is 0 Å². The van der Waals surface area contributed by atoms with Gasteiger partial charge in [0.15, 0.2) is 0 Å². The standard InChI is InChI=1S/C32H32F2N6O4.H2O.H2S/c1-32(2,3)44-31(42)36-26(17-20-7-11-25(38-43)12-8-20)30(41)39-15-16-40-27(19-39)37-28(21-5-4-6-23(34)18-21)29(40)35-24-13-9-22(33)10-14-24;;/h4-14,18,26,35H,15-17,19H2,1-3H3,(H,36,42);2*1H2/t26-;;/m0../s1. The highest BCUT2D eigenvalue weighted by molar-refractivity contribution is 7.59. The maximum atomic E-state index is 14.2. The van der Waals surface area contributed by atoms with Crippen LogP contribution in [-0.2, 0) is 29.0 Å². The number of halogens is 2. The first-order valence-corrected chi connectivity index (χ1v) is 14.1. The molecule has 14 heteroatoms. The highest BCUT2D eigenvalue weighted by Crippen LogP contribution is 2.34. The van der Waals surface area contributed by atoms with Gasteiger partial charge in [0.05, 0.1) is 6.54 Å². The number of rotatable bonds is 8. The summed E-state index contributed by atoms with van der Waals surface area (Å²) in [5.74, 6) is -0.00211. The van der Waals surface area contributed by atoms with Gasteiger partial charge in [-0.1, -0.05) is 24.3 Å². The molecule has 1 aliphatic heterocycles. The zero-order chi connectivity index (χ0) is 31.4. The van der Waals surface area contributed by atoms with Crippen LogP contribution in [0.15, 0.2) is 72.8 Å². The minimum absolute atomic E-state index is 0. The van der Waals surface area contributed by atoms with Crippen LogP contribution in [-0.4, -0.2) is 50.1 Å². The van der Waals surface area contributed by atoms with Gasteiger partial charge in [0.25, 0.3) is 5.69 Å². The van der Waals surface area contributed by atoms with Gasteiger partial charge >= 0.3 is 6.09 Å². The first kappa shape index (κ1) is 35.7.